The van der Waals surface area contributed by atoms with Crippen LogP contribution in [-0.2, 0) is 6.42 Å². The third-order valence-corrected chi connectivity index (χ3v) is 3.80. The number of hydrogen-bond donors (Lipinski definition) is 1. The molecule has 0 bridgehead atoms. The van der Waals surface area contributed by atoms with E-state index in [1.165, 1.54) is 11.6 Å². The van der Waals surface area contributed by atoms with Gasteiger partial charge in [0.25, 0.3) is 0 Å². The maximum absolute atomic E-state index is 13.9. The average molecular weight is 293 g/mol. The minimum absolute atomic E-state index is 0.134. The predicted octanol–water partition coefficient (Wildman–Crippen LogP) is 4.22. The monoisotopic (exact) mass is 293 g/mol. The molecule has 0 saturated carbocycles. The van der Waals surface area contributed by atoms with Crippen molar-refractivity contribution in [1.29, 1.82) is 0 Å². The molecular weight excluding hydrogens is 275 g/mol. The molecule has 0 aromatic heterocycles. The Bertz CT molecular complexity index is 653. The van der Waals surface area contributed by atoms with Crippen molar-refractivity contribution in [2.75, 3.05) is 7.05 Å². The third-order valence-electron chi connectivity index (χ3n) is 3.80. The topological polar surface area (TPSA) is 12.0 Å². The zero-order valence-electron chi connectivity index (χ0n) is 12.3. The summed E-state index contributed by atoms with van der Waals surface area (Å²) in [6, 6.07) is 7.82. The van der Waals surface area contributed by atoms with E-state index in [9.17, 15) is 13.2 Å². The number of nitrogens with one attached hydrogen (secondary N) is 1. The molecule has 2 rings (SSSR count). The van der Waals surface area contributed by atoms with Gasteiger partial charge in [0.1, 0.15) is 0 Å². The molecule has 21 heavy (non-hydrogen) atoms. The highest BCUT2D eigenvalue weighted by atomic mass is 19.2. The summed E-state index contributed by atoms with van der Waals surface area (Å²) in [5.74, 6) is -3.72. The van der Waals surface area contributed by atoms with Crippen LogP contribution in [0.15, 0.2) is 30.3 Å². The Morgan fingerprint density at radius 1 is 0.952 bits per heavy atom. The first-order chi connectivity index (χ1) is 9.93. The van der Waals surface area contributed by atoms with Gasteiger partial charge in [0.05, 0.1) is 0 Å². The largest absolute Gasteiger partial charge is 0.313 e. The highest BCUT2D eigenvalue weighted by Crippen LogP contribution is 2.25. The van der Waals surface area contributed by atoms with Gasteiger partial charge in [0.15, 0.2) is 17.5 Å². The maximum Gasteiger partial charge on any atom is 0.194 e. The van der Waals surface area contributed by atoms with Crippen molar-refractivity contribution in [2.24, 2.45) is 0 Å². The number of hydrogen-bond acceptors (Lipinski definition) is 1. The first-order valence-electron chi connectivity index (χ1n) is 6.80. The fourth-order valence-corrected chi connectivity index (χ4v) is 2.34. The first kappa shape index (κ1) is 15.6. The smallest absolute Gasteiger partial charge is 0.194 e. The summed E-state index contributed by atoms with van der Waals surface area (Å²) in [4.78, 5) is 0. The molecule has 0 heterocycles. The van der Waals surface area contributed by atoms with E-state index in [-0.39, 0.29) is 5.56 Å². The van der Waals surface area contributed by atoms with Gasteiger partial charge in [-0.3, -0.25) is 0 Å². The number of benzene rings is 2. The zero-order valence-corrected chi connectivity index (χ0v) is 12.3. The number of aryl methyl sites for hydroxylation is 2. The van der Waals surface area contributed by atoms with Gasteiger partial charge in [-0.2, -0.15) is 0 Å². The van der Waals surface area contributed by atoms with Gasteiger partial charge in [-0.15, -0.1) is 0 Å². The molecule has 0 aliphatic carbocycles. The van der Waals surface area contributed by atoms with Crippen LogP contribution >= 0.6 is 0 Å². The minimum Gasteiger partial charge on any atom is -0.313 e. The lowest BCUT2D eigenvalue weighted by atomic mass is 9.96. The molecular formula is C17H18F3N. The molecule has 1 unspecified atom stereocenters. The molecule has 112 valence electrons. The number of halogens is 3. The molecule has 2 aromatic rings. The van der Waals surface area contributed by atoms with Crippen molar-refractivity contribution in [3.05, 3.63) is 70.0 Å². The number of likely N-dealkylation sites (N-methyl/N-ethyl adjacent to an activating group) is 1. The Kier molecular flexibility index (Phi) is 4.68. The molecule has 0 radical (unpaired) electrons. The van der Waals surface area contributed by atoms with Crippen LogP contribution in [0.4, 0.5) is 13.2 Å². The van der Waals surface area contributed by atoms with Gasteiger partial charge in [-0.05, 0) is 50.1 Å². The lowest BCUT2D eigenvalue weighted by molar-refractivity contribution is 0.428. The lowest BCUT2D eigenvalue weighted by Crippen LogP contribution is -2.21. The molecule has 4 heteroatoms. The predicted molar refractivity (Wildman–Crippen MR) is 77.7 cm³/mol. The fraction of sp³-hybridized carbons (Fsp3) is 0.294. The summed E-state index contributed by atoms with van der Waals surface area (Å²) in [6.07, 6.45) is 0.500. The molecule has 1 atom stereocenters. The highest BCUT2D eigenvalue weighted by Gasteiger charge is 2.20. The van der Waals surface area contributed by atoms with E-state index < -0.39 is 23.5 Å². The Morgan fingerprint density at radius 3 is 2.29 bits per heavy atom. The standard InChI is InChI=1S/C17H18F3N/c1-10-4-5-12(8-11(10)2)9-15(21-3)13-6-7-14(18)17(20)16(13)19/h4-8,15,21H,9H2,1-3H3. The van der Waals surface area contributed by atoms with Crippen molar-refractivity contribution < 1.29 is 13.2 Å². The summed E-state index contributed by atoms with van der Waals surface area (Å²) in [5.41, 5.74) is 3.48. The van der Waals surface area contributed by atoms with Crippen LogP contribution in [0, 0.1) is 31.3 Å². The van der Waals surface area contributed by atoms with E-state index in [1.54, 1.807) is 7.05 Å². The molecule has 0 spiro atoms. The van der Waals surface area contributed by atoms with Gasteiger partial charge in [-0.25, -0.2) is 13.2 Å². The van der Waals surface area contributed by atoms with Gasteiger partial charge >= 0.3 is 0 Å². The lowest BCUT2D eigenvalue weighted by Gasteiger charge is -2.18. The summed E-state index contributed by atoms with van der Waals surface area (Å²) < 4.78 is 40.3. The number of rotatable bonds is 4. The summed E-state index contributed by atoms with van der Waals surface area (Å²) in [7, 11) is 1.67. The van der Waals surface area contributed by atoms with Gasteiger partial charge in [0.2, 0.25) is 0 Å². The van der Waals surface area contributed by atoms with Crippen LogP contribution in [0.25, 0.3) is 0 Å². The first-order valence-corrected chi connectivity index (χ1v) is 6.80. The zero-order chi connectivity index (χ0) is 15.6. The van der Waals surface area contributed by atoms with Gasteiger partial charge in [-0.1, -0.05) is 24.3 Å². The van der Waals surface area contributed by atoms with Crippen LogP contribution in [0.2, 0.25) is 0 Å². The molecule has 0 aliphatic heterocycles. The van der Waals surface area contributed by atoms with E-state index in [2.05, 4.69) is 5.32 Å². The molecule has 0 aliphatic rings. The van der Waals surface area contributed by atoms with Crippen molar-refractivity contribution in [3.63, 3.8) is 0 Å². The van der Waals surface area contributed by atoms with Gasteiger partial charge in [0, 0.05) is 11.6 Å². The van der Waals surface area contributed by atoms with E-state index in [4.69, 9.17) is 0 Å². The Morgan fingerprint density at radius 2 is 1.67 bits per heavy atom. The maximum atomic E-state index is 13.9. The van der Waals surface area contributed by atoms with Crippen molar-refractivity contribution in [3.8, 4) is 0 Å². The molecule has 2 aromatic carbocycles. The molecule has 1 N–H and O–H groups in total. The summed E-state index contributed by atoms with van der Waals surface area (Å²) in [6.45, 7) is 4.02. The third kappa shape index (κ3) is 3.27. The normalized spacial score (nSPS) is 12.5. The van der Waals surface area contributed by atoms with Crippen LogP contribution in [0.5, 0.6) is 0 Å². The van der Waals surface area contributed by atoms with Crippen LogP contribution in [-0.4, -0.2) is 7.05 Å². The SMILES string of the molecule is CNC(Cc1ccc(C)c(C)c1)c1ccc(F)c(F)c1F. The fourth-order valence-electron chi connectivity index (χ4n) is 2.34. The average Bonchev–Trinajstić information content (AvgIpc) is 2.47. The summed E-state index contributed by atoms with van der Waals surface area (Å²) in [5, 5.41) is 2.96. The molecule has 1 nitrogen and oxygen atoms in total. The van der Waals surface area contributed by atoms with E-state index in [1.807, 2.05) is 32.0 Å². The van der Waals surface area contributed by atoms with Crippen molar-refractivity contribution in [2.45, 2.75) is 26.3 Å². The summed E-state index contributed by atoms with van der Waals surface area (Å²) >= 11 is 0. The van der Waals surface area contributed by atoms with Gasteiger partial charge < -0.3 is 5.32 Å². The van der Waals surface area contributed by atoms with E-state index in [0.717, 1.165) is 17.2 Å². The quantitative estimate of drug-likeness (QED) is 0.832. The second-order valence-corrected chi connectivity index (χ2v) is 5.23. The second kappa shape index (κ2) is 6.31. The molecule has 0 amide bonds. The minimum atomic E-state index is -1.42. The van der Waals surface area contributed by atoms with Crippen molar-refractivity contribution >= 4 is 0 Å². The second-order valence-electron chi connectivity index (χ2n) is 5.23. The Hall–Kier alpha value is -1.81. The van der Waals surface area contributed by atoms with E-state index in [0.29, 0.717) is 6.42 Å². The highest BCUT2D eigenvalue weighted by molar-refractivity contribution is 5.32. The Labute approximate surface area is 122 Å². The van der Waals surface area contributed by atoms with E-state index >= 15 is 0 Å². The van der Waals surface area contributed by atoms with Crippen LogP contribution < -0.4 is 5.32 Å². The van der Waals surface area contributed by atoms with Crippen LogP contribution in [0.3, 0.4) is 0 Å². The molecule has 0 fully saturated rings. The molecule has 0 saturated heterocycles. The Balaban J connectivity index is 2.32. The van der Waals surface area contributed by atoms with Crippen LogP contribution in [0.1, 0.15) is 28.3 Å². The van der Waals surface area contributed by atoms with Crippen molar-refractivity contribution in [1.82, 2.24) is 5.32 Å².